The number of nitrogens with two attached hydrogens (primary N) is 1. The van der Waals surface area contributed by atoms with E-state index in [4.69, 9.17) is 10.8 Å². The van der Waals surface area contributed by atoms with Gasteiger partial charge in [-0.05, 0) is 19.3 Å². The molecular formula is C12H19N3O2S. The Labute approximate surface area is 111 Å². The van der Waals surface area contributed by atoms with E-state index in [-0.39, 0.29) is 0 Å². The van der Waals surface area contributed by atoms with Gasteiger partial charge in [-0.15, -0.1) is 11.3 Å². The fourth-order valence-electron chi connectivity index (χ4n) is 2.20. The highest BCUT2D eigenvalue weighted by Gasteiger charge is 2.41. The molecule has 1 unspecified atom stereocenters. The first kappa shape index (κ1) is 13.5. The molecule has 1 atom stereocenters. The topological polar surface area (TPSA) is 79.5 Å². The van der Waals surface area contributed by atoms with E-state index in [2.05, 4.69) is 22.2 Å². The van der Waals surface area contributed by atoms with Crippen molar-refractivity contribution in [2.24, 2.45) is 5.73 Å². The summed E-state index contributed by atoms with van der Waals surface area (Å²) >= 11 is 1.68. The van der Waals surface area contributed by atoms with Crippen LogP contribution in [0.3, 0.4) is 0 Å². The summed E-state index contributed by atoms with van der Waals surface area (Å²) in [4.78, 5) is 17.7. The number of rotatable bonds is 5. The molecule has 0 bridgehead atoms. The van der Waals surface area contributed by atoms with Gasteiger partial charge < -0.3 is 10.8 Å². The maximum Gasteiger partial charge on any atom is 0.325 e. The second-order valence-electron chi connectivity index (χ2n) is 4.90. The van der Waals surface area contributed by atoms with Crippen molar-refractivity contribution < 1.29 is 9.90 Å². The molecule has 0 aliphatic carbocycles. The summed E-state index contributed by atoms with van der Waals surface area (Å²) in [5.74, 6) is -0.907. The smallest absolute Gasteiger partial charge is 0.325 e. The van der Waals surface area contributed by atoms with Gasteiger partial charge in [-0.3, -0.25) is 9.69 Å². The first-order valence-electron chi connectivity index (χ1n) is 6.21. The fourth-order valence-corrected chi connectivity index (χ4v) is 3.09. The normalized spacial score (nSPS) is 24.6. The Hall–Kier alpha value is -0.980. The standard InChI is InChI=1S/C12H19N3O2S/c1-2-3-10-14-9(7-18-10)6-15-5-4-12(13,8-15)11(16)17/h7H,2-6,8,13H2,1H3,(H,16,17). The van der Waals surface area contributed by atoms with E-state index in [1.807, 2.05) is 0 Å². The van der Waals surface area contributed by atoms with E-state index in [1.165, 1.54) is 0 Å². The van der Waals surface area contributed by atoms with Crippen LogP contribution in [0.4, 0.5) is 0 Å². The average molecular weight is 269 g/mol. The van der Waals surface area contributed by atoms with Crippen LogP contribution in [0.15, 0.2) is 5.38 Å². The van der Waals surface area contributed by atoms with Crippen molar-refractivity contribution in [1.82, 2.24) is 9.88 Å². The number of carboxylic acid groups (broad SMARTS) is 1. The van der Waals surface area contributed by atoms with Crippen LogP contribution in [0.1, 0.15) is 30.5 Å². The van der Waals surface area contributed by atoms with Crippen LogP contribution in [0.5, 0.6) is 0 Å². The molecule has 0 amide bonds. The number of aryl methyl sites for hydroxylation is 1. The number of hydrogen-bond acceptors (Lipinski definition) is 5. The van der Waals surface area contributed by atoms with E-state index < -0.39 is 11.5 Å². The number of carbonyl (C=O) groups is 1. The predicted molar refractivity (Wildman–Crippen MR) is 70.6 cm³/mol. The van der Waals surface area contributed by atoms with E-state index in [0.717, 1.165) is 30.1 Å². The number of hydrogen-bond donors (Lipinski definition) is 2. The van der Waals surface area contributed by atoms with E-state index in [1.54, 1.807) is 11.3 Å². The van der Waals surface area contributed by atoms with E-state index in [0.29, 0.717) is 19.5 Å². The third-order valence-corrected chi connectivity index (χ3v) is 4.21. The molecule has 6 heteroatoms. The zero-order chi connectivity index (χ0) is 13.2. The Morgan fingerprint density at radius 2 is 2.50 bits per heavy atom. The van der Waals surface area contributed by atoms with Crippen LogP contribution in [0.2, 0.25) is 0 Å². The lowest BCUT2D eigenvalue weighted by atomic mass is 10.0. The van der Waals surface area contributed by atoms with Crippen molar-refractivity contribution >= 4 is 17.3 Å². The lowest BCUT2D eigenvalue weighted by molar-refractivity contribution is -0.142. The summed E-state index contributed by atoms with van der Waals surface area (Å²) in [5, 5.41) is 12.3. The van der Waals surface area contributed by atoms with Crippen LogP contribution in [-0.4, -0.2) is 39.6 Å². The molecule has 1 aromatic rings. The van der Waals surface area contributed by atoms with Crippen molar-refractivity contribution in [3.63, 3.8) is 0 Å². The Morgan fingerprint density at radius 3 is 3.11 bits per heavy atom. The molecule has 0 radical (unpaired) electrons. The molecule has 0 saturated carbocycles. The molecule has 0 spiro atoms. The predicted octanol–water partition coefficient (Wildman–Crippen LogP) is 1.08. The van der Waals surface area contributed by atoms with Crippen LogP contribution >= 0.6 is 11.3 Å². The molecule has 5 nitrogen and oxygen atoms in total. The number of aromatic nitrogens is 1. The summed E-state index contributed by atoms with van der Waals surface area (Å²) in [5.41, 5.74) is 5.78. The number of nitrogens with zero attached hydrogens (tertiary/aromatic N) is 2. The Kier molecular flexibility index (Phi) is 3.99. The van der Waals surface area contributed by atoms with Crippen molar-refractivity contribution in [3.8, 4) is 0 Å². The van der Waals surface area contributed by atoms with Gasteiger partial charge in [0.2, 0.25) is 0 Å². The molecule has 1 aliphatic heterocycles. The molecule has 2 rings (SSSR count). The van der Waals surface area contributed by atoms with Gasteiger partial charge in [-0.2, -0.15) is 0 Å². The molecule has 100 valence electrons. The van der Waals surface area contributed by atoms with Crippen molar-refractivity contribution in [1.29, 1.82) is 0 Å². The number of aliphatic carboxylic acids is 1. The number of likely N-dealkylation sites (tertiary alicyclic amines) is 1. The van der Waals surface area contributed by atoms with Gasteiger partial charge in [-0.25, -0.2) is 4.98 Å². The monoisotopic (exact) mass is 269 g/mol. The Morgan fingerprint density at radius 1 is 1.72 bits per heavy atom. The van der Waals surface area contributed by atoms with Crippen molar-refractivity contribution in [3.05, 3.63) is 16.1 Å². The summed E-state index contributed by atoms with van der Waals surface area (Å²) in [6.07, 6.45) is 2.62. The molecule has 1 fully saturated rings. The second kappa shape index (κ2) is 5.34. The number of carboxylic acids is 1. The second-order valence-corrected chi connectivity index (χ2v) is 5.85. The van der Waals surface area contributed by atoms with E-state index >= 15 is 0 Å². The van der Waals surface area contributed by atoms with Gasteiger partial charge in [-0.1, -0.05) is 6.92 Å². The third-order valence-electron chi connectivity index (χ3n) is 3.25. The highest BCUT2D eigenvalue weighted by molar-refractivity contribution is 7.09. The zero-order valence-corrected chi connectivity index (χ0v) is 11.4. The lowest BCUT2D eigenvalue weighted by Gasteiger charge is -2.19. The van der Waals surface area contributed by atoms with Gasteiger partial charge >= 0.3 is 5.97 Å². The Balaban J connectivity index is 1.93. The highest BCUT2D eigenvalue weighted by Crippen LogP contribution is 2.22. The summed E-state index contributed by atoms with van der Waals surface area (Å²) in [6, 6.07) is 0. The number of thiazole rings is 1. The van der Waals surface area contributed by atoms with Gasteiger partial charge in [0, 0.05) is 25.0 Å². The van der Waals surface area contributed by atoms with E-state index in [9.17, 15) is 4.79 Å². The quantitative estimate of drug-likeness (QED) is 0.836. The molecule has 1 aromatic heterocycles. The molecule has 3 N–H and O–H groups in total. The zero-order valence-electron chi connectivity index (χ0n) is 10.6. The first-order chi connectivity index (χ1) is 8.53. The van der Waals surface area contributed by atoms with Crippen LogP contribution in [0, 0.1) is 0 Å². The van der Waals surface area contributed by atoms with Gasteiger partial charge in [0.25, 0.3) is 0 Å². The Bertz CT molecular complexity index is 435. The minimum Gasteiger partial charge on any atom is -0.480 e. The minimum atomic E-state index is -1.08. The molecule has 1 aliphatic rings. The van der Waals surface area contributed by atoms with Crippen molar-refractivity contribution in [2.75, 3.05) is 13.1 Å². The van der Waals surface area contributed by atoms with Crippen molar-refractivity contribution in [2.45, 2.75) is 38.3 Å². The summed E-state index contributed by atoms with van der Waals surface area (Å²) in [6.45, 7) is 3.97. The summed E-state index contributed by atoms with van der Waals surface area (Å²) < 4.78 is 0. The average Bonchev–Trinajstić information content (AvgIpc) is 2.88. The molecule has 2 heterocycles. The van der Waals surface area contributed by atoms with Gasteiger partial charge in [0.05, 0.1) is 10.7 Å². The summed E-state index contributed by atoms with van der Waals surface area (Å²) in [7, 11) is 0. The SMILES string of the molecule is CCCc1nc(CN2CCC(N)(C(=O)O)C2)cs1. The lowest BCUT2D eigenvalue weighted by Crippen LogP contribution is -2.50. The van der Waals surface area contributed by atoms with Gasteiger partial charge in [0.15, 0.2) is 0 Å². The van der Waals surface area contributed by atoms with Crippen LogP contribution in [-0.2, 0) is 17.8 Å². The highest BCUT2D eigenvalue weighted by atomic mass is 32.1. The maximum absolute atomic E-state index is 11.0. The van der Waals surface area contributed by atoms with Gasteiger partial charge in [0.1, 0.15) is 5.54 Å². The minimum absolute atomic E-state index is 0.406. The largest absolute Gasteiger partial charge is 0.480 e. The molecular weight excluding hydrogens is 250 g/mol. The first-order valence-corrected chi connectivity index (χ1v) is 7.09. The third kappa shape index (κ3) is 2.88. The molecule has 0 aromatic carbocycles. The molecule has 1 saturated heterocycles. The fraction of sp³-hybridized carbons (Fsp3) is 0.667. The van der Waals surface area contributed by atoms with Crippen LogP contribution < -0.4 is 5.73 Å². The molecule has 18 heavy (non-hydrogen) atoms. The van der Waals surface area contributed by atoms with Crippen LogP contribution in [0.25, 0.3) is 0 Å². The maximum atomic E-state index is 11.0.